The van der Waals surface area contributed by atoms with Crippen molar-refractivity contribution in [3.05, 3.63) is 28.7 Å². The van der Waals surface area contributed by atoms with Crippen molar-refractivity contribution in [2.24, 2.45) is 0 Å². The molecule has 56 valence electrons. The Labute approximate surface area is 72.5 Å². The number of benzene rings is 1. The molecule has 11 heavy (non-hydrogen) atoms. The molecule has 0 saturated carbocycles. The molecule has 1 aromatic heterocycles. The van der Waals surface area contributed by atoms with E-state index in [0.717, 1.165) is 15.4 Å². The van der Waals surface area contributed by atoms with Crippen molar-refractivity contribution in [3.63, 3.8) is 0 Å². The summed E-state index contributed by atoms with van der Waals surface area (Å²) in [5.41, 5.74) is 6.64. The number of hydrogen-bond donors (Lipinski definition) is 2. The monoisotopic (exact) mass is 210 g/mol. The number of nitrogens with one attached hydrogen (secondary N) is 1. The molecule has 0 radical (unpaired) electrons. The lowest BCUT2D eigenvalue weighted by atomic mass is 10.2. The molecule has 0 spiro atoms. The highest BCUT2D eigenvalue weighted by molar-refractivity contribution is 9.10. The molecular formula is C8H7BrN2. The Morgan fingerprint density at radius 1 is 1.36 bits per heavy atom. The molecule has 3 heteroatoms. The zero-order chi connectivity index (χ0) is 7.84. The van der Waals surface area contributed by atoms with Gasteiger partial charge in [0.2, 0.25) is 0 Å². The van der Waals surface area contributed by atoms with Crippen LogP contribution in [0.15, 0.2) is 28.7 Å². The third-order valence-corrected chi connectivity index (χ3v) is 2.29. The summed E-state index contributed by atoms with van der Waals surface area (Å²) in [5, 5.41) is 1.14. The van der Waals surface area contributed by atoms with Crippen molar-refractivity contribution < 1.29 is 0 Å². The summed E-state index contributed by atoms with van der Waals surface area (Å²) in [6.45, 7) is 0. The van der Waals surface area contributed by atoms with Gasteiger partial charge in [-0.25, -0.2) is 0 Å². The maximum Gasteiger partial charge on any atom is 0.101 e. The molecule has 2 nitrogen and oxygen atoms in total. The summed E-state index contributed by atoms with van der Waals surface area (Å²) < 4.78 is 1.05. The highest BCUT2D eigenvalue weighted by atomic mass is 79.9. The average molecular weight is 211 g/mol. The molecule has 0 fully saturated rings. The van der Waals surface area contributed by atoms with Crippen molar-refractivity contribution in [2.45, 2.75) is 0 Å². The number of nitrogens with two attached hydrogens (primary N) is 1. The first kappa shape index (κ1) is 6.73. The molecule has 0 bridgehead atoms. The topological polar surface area (TPSA) is 41.8 Å². The van der Waals surface area contributed by atoms with Gasteiger partial charge in [0.1, 0.15) is 5.82 Å². The number of hydrogen-bond acceptors (Lipinski definition) is 1. The van der Waals surface area contributed by atoms with Gasteiger partial charge < -0.3 is 10.7 Å². The minimum Gasteiger partial charge on any atom is -0.385 e. The van der Waals surface area contributed by atoms with Gasteiger partial charge in [-0.05, 0) is 28.1 Å². The average Bonchev–Trinajstić information content (AvgIpc) is 2.31. The van der Waals surface area contributed by atoms with Crippen LogP contribution >= 0.6 is 15.9 Å². The fraction of sp³-hybridized carbons (Fsp3) is 0. The third kappa shape index (κ3) is 1.01. The Bertz CT molecular complexity index is 392. The molecule has 0 aliphatic rings. The van der Waals surface area contributed by atoms with E-state index in [4.69, 9.17) is 5.73 Å². The minimum atomic E-state index is 0.701. The van der Waals surface area contributed by atoms with Gasteiger partial charge in [-0.15, -0.1) is 0 Å². The van der Waals surface area contributed by atoms with Crippen molar-refractivity contribution >= 4 is 32.7 Å². The largest absolute Gasteiger partial charge is 0.385 e. The maximum absolute atomic E-state index is 5.58. The Hall–Kier alpha value is -0.960. The molecule has 3 N–H and O–H groups in total. The second-order valence-corrected chi connectivity index (χ2v) is 3.28. The zero-order valence-electron chi connectivity index (χ0n) is 5.76. The van der Waals surface area contributed by atoms with E-state index in [1.807, 2.05) is 24.3 Å². The van der Waals surface area contributed by atoms with Crippen LogP contribution in [-0.2, 0) is 0 Å². The van der Waals surface area contributed by atoms with Gasteiger partial charge in [0.15, 0.2) is 0 Å². The molecule has 0 saturated heterocycles. The maximum atomic E-state index is 5.58. The molecule has 0 aliphatic heterocycles. The lowest BCUT2D eigenvalue weighted by Crippen LogP contribution is -1.80. The molecular weight excluding hydrogens is 204 g/mol. The standard InChI is InChI=1S/C8H7BrN2/c9-6-3-1-2-5-4-7(10)11-8(5)6/h1-4,11H,10H2. The zero-order valence-corrected chi connectivity index (χ0v) is 7.35. The molecule has 1 aromatic carbocycles. The van der Waals surface area contributed by atoms with E-state index in [-0.39, 0.29) is 0 Å². The quantitative estimate of drug-likeness (QED) is 0.690. The summed E-state index contributed by atoms with van der Waals surface area (Å²) in [6, 6.07) is 7.91. The lowest BCUT2D eigenvalue weighted by Gasteiger charge is -1.90. The molecule has 1 heterocycles. The highest BCUT2D eigenvalue weighted by Gasteiger charge is 1.99. The fourth-order valence-corrected chi connectivity index (χ4v) is 1.62. The molecule has 0 unspecified atom stereocenters. The van der Waals surface area contributed by atoms with E-state index in [9.17, 15) is 0 Å². The van der Waals surface area contributed by atoms with E-state index < -0.39 is 0 Å². The van der Waals surface area contributed by atoms with Crippen LogP contribution in [0.2, 0.25) is 0 Å². The van der Waals surface area contributed by atoms with Crippen LogP contribution in [0.5, 0.6) is 0 Å². The summed E-state index contributed by atoms with van der Waals surface area (Å²) in [4.78, 5) is 3.06. The number of aromatic nitrogens is 1. The number of anilines is 1. The number of rotatable bonds is 0. The van der Waals surface area contributed by atoms with Gasteiger partial charge in [0.25, 0.3) is 0 Å². The predicted molar refractivity (Wildman–Crippen MR) is 50.4 cm³/mol. The van der Waals surface area contributed by atoms with E-state index in [2.05, 4.69) is 20.9 Å². The second-order valence-electron chi connectivity index (χ2n) is 2.43. The number of fused-ring (bicyclic) bond motifs is 1. The van der Waals surface area contributed by atoms with Crippen LogP contribution in [-0.4, -0.2) is 4.98 Å². The van der Waals surface area contributed by atoms with Crippen LogP contribution in [0.1, 0.15) is 0 Å². The van der Waals surface area contributed by atoms with Crippen LogP contribution in [0, 0.1) is 0 Å². The van der Waals surface area contributed by atoms with Crippen molar-refractivity contribution in [1.82, 2.24) is 4.98 Å². The summed E-state index contributed by atoms with van der Waals surface area (Å²) in [6.07, 6.45) is 0. The summed E-state index contributed by atoms with van der Waals surface area (Å²) in [5.74, 6) is 0.701. The van der Waals surface area contributed by atoms with Gasteiger partial charge in [-0.1, -0.05) is 12.1 Å². The van der Waals surface area contributed by atoms with Crippen LogP contribution in [0.3, 0.4) is 0 Å². The molecule has 2 rings (SSSR count). The number of H-pyrrole nitrogens is 1. The van der Waals surface area contributed by atoms with E-state index in [1.165, 1.54) is 0 Å². The van der Waals surface area contributed by atoms with Crippen molar-refractivity contribution in [3.8, 4) is 0 Å². The number of para-hydroxylation sites is 1. The number of nitrogen functional groups attached to an aromatic ring is 1. The Balaban J connectivity index is 2.90. The SMILES string of the molecule is Nc1cc2cccc(Br)c2[nH]1. The van der Waals surface area contributed by atoms with Gasteiger partial charge in [0, 0.05) is 9.86 Å². The number of aromatic amines is 1. The normalized spacial score (nSPS) is 10.6. The van der Waals surface area contributed by atoms with Crippen molar-refractivity contribution in [2.75, 3.05) is 5.73 Å². The fourth-order valence-electron chi connectivity index (χ4n) is 1.14. The van der Waals surface area contributed by atoms with E-state index in [0.29, 0.717) is 5.82 Å². The molecule has 0 aliphatic carbocycles. The Morgan fingerprint density at radius 2 is 2.18 bits per heavy atom. The van der Waals surface area contributed by atoms with Crippen LogP contribution < -0.4 is 5.73 Å². The summed E-state index contributed by atoms with van der Waals surface area (Å²) >= 11 is 3.42. The smallest absolute Gasteiger partial charge is 0.101 e. The molecule has 0 amide bonds. The van der Waals surface area contributed by atoms with Crippen LogP contribution in [0.25, 0.3) is 10.9 Å². The van der Waals surface area contributed by atoms with Gasteiger partial charge >= 0.3 is 0 Å². The predicted octanol–water partition coefficient (Wildman–Crippen LogP) is 2.51. The first-order valence-electron chi connectivity index (χ1n) is 3.30. The van der Waals surface area contributed by atoms with E-state index in [1.54, 1.807) is 0 Å². The number of halogens is 1. The van der Waals surface area contributed by atoms with Gasteiger partial charge in [0.05, 0.1) is 5.52 Å². The summed E-state index contributed by atoms with van der Waals surface area (Å²) in [7, 11) is 0. The van der Waals surface area contributed by atoms with Gasteiger partial charge in [-0.2, -0.15) is 0 Å². The van der Waals surface area contributed by atoms with Gasteiger partial charge in [-0.3, -0.25) is 0 Å². The van der Waals surface area contributed by atoms with Crippen LogP contribution in [0.4, 0.5) is 5.82 Å². The third-order valence-electron chi connectivity index (χ3n) is 1.63. The molecule has 0 atom stereocenters. The lowest BCUT2D eigenvalue weighted by molar-refractivity contribution is 1.46. The first-order valence-corrected chi connectivity index (χ1v) is 4.09. The Morgan fingerprint density at radius 3 is 2.91 bits per heavy atom. The second kappa shape index (κ2) is 2.27. The minimum absolute atomic E-state index is 0.701. The molecule has 2 aromatic rings. The van der Waals surface area contributed by atoms with Crippen molar-refractivity contribution in [1.29, 1.82) is 0 Å². The highest BCUT2D eigenvalue weighted by Crippen LogP contribution is 2.24. The first-order chi connectivity index (χ1) is 5.27. The van der Waals surface area contributed by atoms with E-state index >= 15 is 0 Å². The Kier molecular flexibility index (Phi) is 1.39.